The van der Waals surface area contributed by atoms with Gasteiger partial charge in [-0.1, -0.05) is 24.3 Å². The molecular weight excluding hydrogens is 302 g/mol. The summed E-state index contributed by atoms with van der Waals surface area (Å²) in [5, 5.41) is 8.85. The average molecular weight is 329 g/mol. The molecule has 4 heteroatoms. The maximum Gasteiger partial charge on any atom is 0.303 e. The molecule has 0 saturated carbocycles. The van der Waals surface area contributed by atoms with E-state index in [9.17, 15) is 9.59 Å². The van der Waals surface area contributed by atoms with E-state index in [0.717, 1.165) is 45.2 Å². The number of aryl methyl sites for hydroxylation is 1. The van der Waals surface area contributed by atoms with E-state index >= 15 is 0 Å². The molecule has 1 heterocycles. The van der Waals surface area contributed by atoms with Crippen LogP contribution in [-0.4, -0.2) is 35.0 Å². The smallest absolute Gasteiger partial charge is 0.303 e. The van der Waals surface area contributed by atoms with Gasteiger partial charge in [0.15, 0.2) is 0 Å². The van der Waals surface area contributed by atoms with Crippen LogP contribution in [-0.2, 0) is 16.0 Å². The van der Waals surface area contributed by atoms with Crippen LogP contribution in [0, 0.1) is 5.92 Å². The molecule has 24 heavy (non-hydrogen) atoms. The molecule has 1 N–H and O–H groups in total. The molecule has 0 bridgehead atoms. The number of carbonyl (C=O) groups excluding carboxylic acids is 1. The summed E-state index contributed by atoms with van der Waals surface area (Å²) in [7, 11) is 0. The molecule has 0 radical (unpaired) electrons. The van der Waals surface area contributed by atoms with Crippen LogP contribution < -0.4 is 0 Å². The van der Waals surface area contributed by atoms with Crippen LogP contribution >= 0.6 is 0 Å². The number of carbonyl (C=O) groups is 2. The van der Waals surface area contributed by atoms with Crippen LogP contribution in [0.15, 0.2) is 24.3 Å². The fraction of sp³-hybridized carbons (Fsp3) is 0.600. The summed E-state index contributed by atoms with van der Waals surface area (Å²) >= 11 is 0. The normalized spacial score (nSPS) is 23.6. The molecular formula is C20H27NO3. The van der Waals surface area contributed by atoms with E-state index in [0.29, 0.717) is 24.7 Å². The summed E-state index contributed by atoms with van der Waals surface area (Å²) in [5.74, 6) is 0.202. The van der Waals surface area contributed by atoms with Gasteiger partial charge in [-0.3, -0.25) is 9.59 Å². The highest BCUT2D eigenvalue weighted by Gasteiger charge is 2.28. The van der Waals surface area contributed by atoms with E-state index in [1.807, 2.05) is 4.90 Å². The molecule has 0 unspecified atom stereocenters. The zero-order valence-electron chi connectivity index (χ0n) is 14.2. The Morgan fingerprint density at radius 2 is 2.00 bits per heavy atom. The SMILES string of the molecule is O=C(O)CC[C@@H]1CCCN(C(=O)C[C@@H]2CCCc3ccccc32)C1. The maximum absolute atomic E-state index is 12.8. The predicted molar refractivity (Wildman–Crippen MR) is 92.9 cm³/mol. The Labute approximate surface area is 143 Å². The molecule has 0 aromatic heterocycles. The molecule has 4 nitrogen and oxygen atoms in total. The van der Waals surface area contributed by atoms with Crippen molar-refractivity contribution in [3.8, 4) is 0 Å². The van der Waals surface area contributed by atoms with Gasteiger partial charge < -0.3 is 10.0 Å². The second-order valence-electron chi connectivity index (χ2n) is 7.27. The van der Waals surface area contributed by atoms with E-state index in [1.165, 1.54) is 11.1 Å². The van der Waals surface area contributed by atoms with Crippen LogP contribution in [0.4, 0.5) is 0 Å². The highest BCUT2D eigenvalue weighted by atomic mass is 16.4. The van der Waals surface area contributed by atoms with E-state index in [1.54, 1.807) is 0 Å². The Kier molecular flexibility index (Phi) is 5.54. The average Bonchev–Trinajstić information content (AvgIpc) is 2.60. The fourth-order valence-corrected chi connectivity index (χ4v) is 4.26. The second kappa shape index (κ2) is 7.82. The van der Waals surface area contributed by atoms with Crippen LogP contribution in [0.1, 0.15) is 62.0 Å². The Bertz CT molecular complexity index is 598. The number of carboxylic acids is 1. The first-order chi connectivity index (χ1) is 11.6. The lowest BCUT2D eigenvalue weighted by molar-refractivity contribution is -0.137. The lowest BCUT2D eigenvalue weighted by Gasteiger charge is -2.34. The molecule has 1 aliphatic heterocycles. The highest BCUT2D eigenvalue weighted by molar-refractivity contribution is 5.77. The maximum atomic E-state index is 12.8. The standard InChI is InChI=1S/C20H27NO3/c22-19(21-12-4-5-15(14-21)10-11-20(23)24)13-17-8-3-7-16-6-1-2-9-18(16)17/h1-2,6,9,15,17H,3-5,7-8,10-14H2,(H,23,24)/t15-,17-/m0/s1. The number of aliphatic carboxylic acids is 1. The number of hydrogen-bond acceptors (Lipinski definition) is 2. The molecule has 0 spiro atoms. The Hall–Kier alpha value is -1.84. The third-order valence-electron chi connectivity index (χ3n) is 5.55. The van der Waals surface area contributed by atoms with Crippen molar-refractivity contribution in [2.24, 2.45) is 5.92 Å². The van der Waals surface area contributed by atoms with Gasteiger partial charge in [0.2, 0.25) is 5.91 Å². The number of amides is 1. The minimum Gasteiger partial charge on any atom is -0.481 e. The molecule has 130 valence electrons. The van der Waals surface area contributed by atoms with Gasteiger partial charge in [0.05, 0.1) is 0 Å². The second-order valence-corrected chi connectivity index (χ2v) is 7.27. The van der Waals surface area contributed by atoms with Gasteiger partial charge in [-0.05, 0) is 61.5 Å². The molecule has 1 fully saturated rings. The summed E-state index contributed by atoms with van der Waals surface area (Å²) in [6.45, 7) is 1.57. The Morgan fingerprint density at radius 1 is 1.17 bits per heavy atom. The lowest BCUT2D eigenvalue weighted by Crippen LogP contribution is -2.40. The first kappa shape index (κ1) is 17.0. The quantitative estimate of drug-likeness (QED) is 0.898. The van der Waals surface area contributed by atoms with Gasteiger partial charge in [-0.25, -0.2) is 0 Å². The Morgan fingerprint density at radius 3 is 2.83 bits per heavy atom. The summed E-state index contributed by atoms with van der Waals surface area (Å²) in [5.41, 5.74) is 2.76. The van der Waals surface area contributed by atoms with Gasteiger partial charge in [0.25, 0.3) is 0 Å². The van der Waals surface area contributed by atoms with Gasteiger partial charge >= 0.3 is 5.97 Å². The van der Waals surface area contributed by atoms with Crippen molar-refractivity contribution < 1.29 is 14.7 Å². The van der Waals surface area contributed by atoms with Gasteiger partial charge in [-0.2, -0.15) is 0 Å². The van der Waals surface area contributed by atoms with E-state index in [-0.39, 0.29) is 12.3 Å². The lowest BCUT2D eigenvalue weighted by atomic mass is 9.80. The molecule has 1 amide bonds. The largest absolute Gasteiger partial charge is 0.481 e. The minimum atomic E-state index is -0.739. The zero-order chi connectivity index (χ0) is 16.9. The first-order valence-corrected chi connectivity index (χ1v) is 9.21. The number of hydrogen-bond donors (Lipinski definition) is 1. The predicted octanol–water partition coefficient (Wildman–Crippen LogP) is 3.60. The molecule has 2 atom stereocenters. The first-order valence-electron chi connectivity index (χ1n) is 9.21. The molecule has 1 aliphatic carbocycles. The number of nitrogens with zero attached hydrogens (tertiary/aromatic N) is 1. The third-order valence-corrected chi connectivity index (χ3v) is 5.55. The number of benzene rings is 1. The molecule has 1 saturated heterocycles. The topological polar surface area (TPSA) is 57.6 Å². The summed E-state index contributed by atoms with van der Waals surface area (Å²) in [6.07, 6.45) is 6.93. The number of carboxylic acid groups (broad SMARTS) is 1. The van der Waals surface area contributed by atoms with Crippen LogP contribution in [0.5, 0.6) is 0 Å². The molecule has 1 aromatic rings. The summed E-state index contributed by atoms with van der Waals surface area (Å²) < 4.78 is 0. The van der Waals surface area contributed by atoms with Crippen molar-refractivity contribution >= 4 is 11.9 Å². The molecule has 2 aliphatic rings. The van der Waals surface area contributed by atoms with Crippen molar-refractivity contribution in [1.29, 1.82) is 0 Å². The van der Waals surface area contributed by atoms with E-state index in [4.69, 9.17) is 5.11 Å². The summed E-state index contributed by atoms with van der Waals surface area (Å²) in [6, 6.07) is 8.53. The van der Waals surface area contributed by atoms with E-state index in [2.05, 4.69) is 24.3 Å². The van der Waals surface area contributed by atoms with Crippen molar-refractivity contribution in [1.82, 2.24) is 4.90 Å². The Balaban J connectivity index is 1.58. The van der Waals surface area contributed by atoms with Crippen molar-refractivity contribution in [3.63, 3.8) is 0 Å². The minimum absolute atomic E-state index is 0.211. The number of piperidine rings is 1. The van der Waals surface area contributed by atoms with Crippen molar-refractivity contribution in [2.75, 3.05) is 13.1 Å². The number of rotatable bonds is 5. The zero-order valence-corrected chi connectivity index (χ0v) is 14.2. The molecule has 1 aromatic carbocycles. The van der Waals surface area contributed by atoms with Gasteiger partial charge in [0.1, 0.15) is 0 Å². The third kappa shape index (κ3) is 4.16. The monoisotopic (exact) mass is 329 g/mol. The van der Waals surface area contributed by atoms with Crippen LogP contribution in [0.3, 0.4) is 0 Å². The van der Waals surface area contributed by atoms with Crippen molar-refractivity contribution in [2.45, 2.75) is 57.3 Å². The van der Waals surface area contributed by atoms with Crippen LogP contribution in [0.25, 0.3) is 0 Å². The summed E-state index contributed by atoms with van der Waals surface area (Å²) in [4.78, 5) is 25.5. The molecule has 3 rings (SSSR count). The highest BCUT2D eigenvalue weighted by Crippen LogP contribution is 2.34. The number of likely N-dealkylation sites (tertiary alicyclic amines) is 1. The van der Waals surface area contributed by atoms with Crippen molar-refractivity contribution in [3.05, 3.63) is 35.4 Å². The van der Waals surface area contributed by atoms with E-state index < -0.39 is 5.97 Å². The van der Waals surface area contributed by atoms with Crippen LogP contribution in [0.2, 0.25) is 0 Å². The number of fused-ring (bicyclic) bond motifs is 1. The fourth-order valence-electron chi connectivity index (χ4n) is 4.26. The van der Waals surface area contributed by atoms with Gasteiger partial charge in [0, 0.05) is 25.9 Å². The van der Waals surface area contributed by atoms with Gasteiger partial charge in [-0.15, -0.1) is 0 Å².